The molecule has 7 heteroatoms. The number of rotatable bonds is 2. The van der Waals surface area contributed by atoms with Crippen molar-refractivity contribution >= 4 is 28.7 Å². The van der Waals surface area contributed by atoms with Gasteiger partial charge in [-0.25, -0.2) is 9.78 Å². The average Bonchev–Trinajstić information content (AvgIpc) is 3.43. The van der Waals surface area contributed by atoms with Gasteiger partial charge in [0.25, 0.3) is 11.8 Å². The second kappa shape index (κ2) is 6.63. The average molecular weight is 426 g/mol. The van der Waals surface area contributed by atoms with Gasteiger partial charge >= 0.3 is 6.03 Å². The Labute approximate surface area is 184 Å². The lowest BCUT2D eigenvalue weighted by atomic mass is 9.95. The number of fused-ring (bicyclic) bond motifs is 3. The zero-order valence-electron chi connectivity index (χ0n) is 17.6. The fourth-order valence-corrected chi connectivity index (χ4v) is 5.39. The van der Waals surface area contributed by atoms with Crippen molar-refractivity contribution in [1.82, 2.24) is 20.5 Å². The Morgan fingerprint density at radius 2 is 1.88 bits per heavy atom. The van der Waals surface area contributed by atoms with Crippen LogP contribution < -0.4 is 10.6 Å². The van der Waals surface area contributed by atoms with E-state index in [-0.39, 0.29) is 23.9 Å². The highest BCUT2D eigenvalue weighted by Gasteiger charge is 2.54. The molecule has 160 valence electrons. The number of nitrogens with zero attached hydrogens (tertiary/aromatic N) is 2. The van der Waals surface area contributed by atoms with E-state index in [1.165, 1.54) is 16.0 Å². The molecule has 2 aliphatic carbocycles. The third-order valence-corrected chi connectivity index (χ3v) is 7.24. The smallest absolute Gasteiger partial charge is 0.324 e. The molecule has 1 spiro atoms. The van der Waals surface area contributed by atoms with Gasteiger partial charge in [-0.1, -0.05) is 30.3 Å². The van der Waals surface area contributed by atoms with Crippen LogP contribution in [0.5, 0.6) is 0 Å². The molecular weight excluding hydrogens is 404 g/mol. The van der Waals surface area contributed by atoms with E-state index in [0.717, 1.165) is 29.4 Å². The summed E-state index contributed by atoms with van der Waals surface area (Å²) >= 11 is 0. The molecule has 3 aromatic rings. The number of benzene rings is 2. The normalized spacial score (nSPS) is 23.5. The Bertz CT molecular complexity index is 1330. The predicted molar refractivity (Wildman–Crippen MR) is 118 cm³/mol. The number of hydrogen-bond acceptors (Lipinski definition) is 4. The molecule has 0 bridgehead atoms. The number of carbonyl (C=O) groups excluding carboxylic acids is 3. The van der Waals surface area contributed by atoms with Gasteiger partial charge in [0, 0.05) is 25.3 Å². The minimum atomic E-state index is -0.868. The molecular formula is C25H22N4O3. The van der Waals surface area contributed by atoms with E-state index in [9.17, 15) is 14.4 Å². The molecule has 0 saturated carbocycles. The summed E-state index contributed by atoms with van der Waals surface area (Å²) in [7, 11) is 1.66. The molecule has 1 fully saturated rings. The van der Waals surface area contributed by atoms with Crippen LogP contribution in [-0.4, -0.2) is 40.3 Å². The van der Waals surface area contributed by atoms with Gasteiger partial charge < -0.3 is 10.2 Å². The van der Waals surface area contributed by atoms with Crippen LogP contribution in [0.1, 0.15) is 45.2 Å². The van der Waals surface area contributed by atoms with Crippen LogP contribution in [0.15, 0.2) is 48.5 Å². The SMILES string of the molecule is CN1C(=O)NC(=O)C12Cc1cc3ccc(C(=O)NC4CCc5ccccc54)nc3cc1C2. The number of urea groups is 1. The van der Waals surface area contributed by atoms with Crippen LogP contribution in [0.3, 0.4) is 0 Å². The summed E-state index contributed by atoms with van der Waals surface area (Å²) in [6.45, 7) is 0. The molecule has 2 atom stereocenters. The Morgan fingerprint density at radius 1 is 1.09 bits per heavy atom. The van der Waals surface area contributed by atoms with Crippen LogP contribution in [0.2, 0.25) is 0 Å². The van der Waals surface area contributed by atoms with E-state index in [1.54, 1.807) is 13.1 Å². The minimum Gasteiger partial charge on any atom is -0.344 e. The summed E-state index contributed by atoms with van der Waals surface area (Å²) in [5.74, 6) is -0.443. The summed E-state index contributed by atoms with van der Waals surface area (Å²) in [6.07, 6.45) is 2.78. The fourth-order valence-electron chi connectivity index (χ4n) is 5.39. The first-order chi connectivity index (χ1) is 15.4. The second-order valence-electron chi connectivity index (χ2n) is 8.98. The van der Waals surface area contributed by atoms with Gasteiger partial charge in [0.1, 0.15) is 11.2 Å². The monoisotopic (exact) mass is 426 g/mol. The Kier molecular flexibility index (Phi) is 3.93. The van der Waals surface area contributed by atoms with Gasteiger partial charge in [-0.15, -0.1) is 0 Å². The van der Waals surface area contributed by atoms with Crippen LogP contribution in [0.4, 0.5) is 4.79 Å². The van der Waals surface area contributed by atoms with Gasteiger partial charge in [0.05, 0.1) is 11.6 Å². The van der Waals surface area contributed by atoms with E-state index in [4.69, 9.17) is 0 Å². The first-order valence-electron chi connectivity index (χ1n) is 10.9. The highest BCUT2D eigenvalue weighted by molar-refractivity contribution is 6.08. The van der Waals surface area contributed by atoms with E-state index in [0.29, 0.717) is 24.1 Å². The summed E-state index contributed by atoms with van der Waals surface area (Å²) in [5, 5.41) is 6.46. The van der Waals surface area contributed by atoms with E-state index in [1.807, 2.05) is 30.3 Å². The van der Waals surface area contributed by atoms with E-state index >= 15 is 0 Å². The molecule has 4 amide bonds. The van der Waals surface area contributed by atoms with Crippen molar-refractivity contribution in [3.63, 3.8) is 0 Å². The van der Waals surface area contributed by atoms with Crippen molar-refractivity contribution < 1.29 is 14.4 Å². The number of likely N-dealkylation sites (N-methyl/N-ethyl adjacent to an activating group) is 1. The number of nitrogens with one attached hydrogen (secondary N) is 2. The van der Waals surface area contributed by atoms with Gasteiger partial charge in [-0.2, -0.15) is 0 Å². The maximum atomic E-state index is 12.9. The largest absolute Gasteiger partial charge is 0.344 e. The molecule has 1 aliphatic heterocycles. The van der Waals surface area contributed by atoms with Gasteiger partial charge in [0.15, 0.2) is 0 Å². The highest BCUT2D eigenvalue weighted by atomic mass is 16.2. The molecule has 2 N–H and O–H groups in total. The quantitative estimate of drug-likeness (QED) is 0.617. The van der Waals surface area contributed by atoms with Crippen LogP contribution in [0, 0.1) is 0 Å². The fraction of sp³-hybridized carbons (Fsp3) is 0.280. The van der Waals surface area contributed by atoms with Gasteiger partial charge in [0.2, 0.25) is 0 Å². The standard InChI is InChI=1S/C25H22N4O3/c1-29-24(32)28-23(31)25(29)12-16-10-15-7-9-20(26-21(15)11-17(16)13-25)22(30)27-19-8-6-14-4-2-3-5-18(14)19/h2-5,7,9-11,19H,6,8,12-13H2,1H3,(H,27,30)(H,28,31,32). The van der Waals surface area contributed by atoms with Crippen molar-refractivity contribution in [3.05, 3.63) is 76.5 Å². The molecule has 2 heterocycles. The lowest BCUT2D eigenvalue weighted by Gasteiger charge is -2.27. The highest BCUT2D eigenvalue weighted by Crippen LogP contribution is 2.38. The number of aromatic nitrogens is 1. The minimum absolute atomic E-state index is 0.00466. The first kappa shape index (κ1) is 19.0. The third kappa shape index (κ3) is 2.67. The number of imide groups is 1. The summed E-state index contributed by atoms with van der Waals surface area (Å²) in [6, 6.07) is 15.5. The number of carbonyl (C=O) groups is 3. The zero-order chi connectivity index (χ0) is 22.0. The molecule has 32 heavy (non-hydrogen) atoms. The number of amides is 4. The Morgan fingerprint density at radius 3 is 2.66 bits per heavy atom. The summed E-state index contributed by atoms with van der Waals surface area (Å²) < 4.78 is 0. The van der Waals surface area contributed by atoms with Gasteiger partial charge in [-0.3, -0.25) is 14.9 Å². The number of hydrogen-bond donors (Lipinski definition) is 2. The van der Waals surface area contributed by atoms with Crippen molar-refractivity contribution in [1.29, 1.82) is 0 Å². The van der Waals surface area contributed by atoms with Crippen molar-refractivity contribution in [2.45, 2.75) is 37.3 Å². The molecule has 3 aliphatic rings. The Hall–Kier alpha value is -3.74. The molecule has 2 unspecified atom stereocenters. The number of aryl methyl sites for hydroxylation is 1. The summed E-state index contributed by atoms with van der Waals surface area (Å²) in [5.41, 5.74) is 4.71. The molecule has 6 rings (SSSR count). The molecule has 2 aromatic carbocycles. The maximum absolute atomic E-state index is 12.9. The maximum Gasteiger partial charge on any atom is 0.324 e. The van der Waals surface area contributed by atoms with Crippen LogP contribution >= 0.6 is 0 Å². The molecule has 7 nitrogen and oxygen atoms in total. The van der Waals surface area contributed by atoms with Crippen molar-refractivity contribution in [2.24, 2.45) is 0 Å². The number of pyridine rings is 1. The molecule has 0 radical (unpaired) electrons. The third-order valence-electron chi connectivity index (χ3n) is 7.24. The lowest BCUT2D eigenvalue weighted by molar-refractivity contribution is -0.125. The summed E-state index contributed by atoms with van der Waals surface area (Å²) in [4.78, 5) is 43.6. The molecule has 1 aromatic heterocycles. The van der Waals surface area contributed by atoms with Crippen molar-refractivity contribution in [2.75, 3.05) is 7.05 Å². The van der Waals surface area contributed by atoms with Crippen LogP contribution in [0.25, 0.3) is 10.9 Å². The molecule has 1 saturated heterocycles. The predicted octanol–water partition coefficient (Wildman–Crippen LogP) is 2.67. The zero-order valence-corrected chi connectivity index (χ0v) is 17.6. The van der Waals surface area contributed by atoms with Crippen molar-refractivity contribution in [3.8, 4) is 0 Å². The second-order valence-corrected chi connectivity index (χ2v) is 8.98. The van der Waals surface area contributed by atoms with Crippen LogP contribution in [-0.2, 0) is 24.1 Å². The topological polar surface area (TPSA) is 91.4 Å². The van der Waals surface area contributed by atoms with Gasteiger partial charge in [-0.05, 0) is 53.3 Å². The van der Waals surface area contributed by atoms with E-state index in [2.05, 4.69) is 27.8 Å². The van der Waals surface area contributed by atoms with E-state index < -0.39 is 5.54 Å². The lowest BCUT2D eigenvalue weighted by Crippen LogP contribution is -2.48. The first-order valence-corrected chi connectivity index (χ1v) is 10.9. The Balaban J connectivity index is 1.29.